The van der Waals surface area contributed by atoms with Crippen LogP contribution < -0.4 is 5.73 Å². The fourth-order valence-corrected chi connectivity index (χ4v) is 3.24. The SMILES string of the molecule is CC(C)C(Sc1nccn1C)C(N)c1ccccc1. The van der Waals surface area contributed by atoms with Crippen molar-refractivity contribution in [3.8, 4) is 0 Å². The minimum absolute atomic E-state index is 0.0166. The third kappa shape index (κ3) is 3.39. The van der Waals surface area contributed by atoms with Crippen molar-refractivity contribution in [1.82, 2.24) is 9.55 Å². The molecule has 4 heteroatoms. The second-order valence-electron chi connectivity index (χ2n) is 5.08. The average molecular weight is 275 g/mol. The molecule has 1 aromatic heterocycles. The predicted octanol–water partition coefficient (Wildman–Crippen LogP) is 3.24. The van der Waals surface area contributed by atoms with Gasteiger partial charge in [0.2, 0.25) is 0 Å². The Kier molecular flexibility index (Phi) is 4.66. The number of thioether (sulfide) groups is 1. The van der Waals surface area contributed by atoms with Crippen molar-refractivity contribution in [2.24, 2.45) is 18.7 Å². The van der Waals surface area contributed by atoms with Gasteiger partial charge in [0.25, 0.3) is 0 Å². The molecule has 102 valence electrons. The van der Waals surface area contributed by atoms with Crippen LogP contribution in [0.15, 0.2) is 47.9 Å². The van der Waals surface area contributed by atoms with Gasteiger partial charge in [0.1, 0.15) is 0 Å². The van der Waals surface area contributed by atoms with Crippen molar-refractivity contribution >= 4 is 11.8 Å². The first-order valence-electron chi connectivity index (χ1n) is 6.54. The molecular weight excluding hydrogens is 254 g/mol. The molecule has 0 aliphatic carbocycles. The molecule has 0 aliphatic rings. The van der Waals surface area contributed by atoms with Crippen LogP contribution >= 0.6 is 11.8 Å². The van der Waals surface area contributed by atoms with Crippen molar-refractivity contribution in [3.05, 3.63) is 48.3 Å². The van der Waals surface area contributed by atoms with Crippen molar-refractivity contribution in [1.29, 1.82) is 0 Å². The Morgan fingerprint density at radius 1 is 1.21 bits per heavy atom. The largest absolute Gasteiger partial charge is 0.329 e. The van der Waals surface area contributed by atoms with Gasteiger partial charge in [-0.25, -0.2) is 4.98 Å². The summed E-state index contributed by atoms with van der Waals surface area (Å²) in [7, 11) is 2.01. The normalized spacial score (nSPS) is 14.6. The molecule has 2 atom stereocenters. The number of aromatic nitrogens is 2. The Morgan fingerprint density at radius 2 is 1.89 bits per heavy atom. The molecule has 19 heavy (non-hydrogen) atoms. The fraction of sp³-hybridized carbons (Fsp3) is 0.400. The van der Waals surface area contributed by atoms with Gasteiger partial charge in [0, 0.05) is 30.7 Å². The number of nitrogens with zero attached hydrogens (tertiary/aromatic N) is 2. The zero-order chi connectivity index (χ0) is 13.8. The zero-order valence-corrected chi connectivity index (χ0v) is 12.5. The molecular formula is C15H21N3S. The lowest BCUT2D eigenvalue weighted by atomic mass is 9.97. The van der Waals surface area contributed by atoms with Gasteiger partial charge in [-0.2, -0.15) is 0 Å². The Labute approximate surface area is 119 Å². The Balaban J connectivity index is 2.19. The summed E-state index contributed by atoms with van der Waals surface area (Å²) < 4.78 is 2.04. The molecule has 2 N–H and O–H groups in total. The van der Waals surface area contributed by atoms with Gasteiger partial charge in [0.05, 0.1) is 0 Å². The average Bonchev–Trinajstić information content (AvgIpc) is 2.81. The second-order valence-corrected chi connectivity index (χ2v) is 6.23. The summed E-state index contributed by atoms with van der Waals surface area (Å²) in [5, 5.41) is 1.33. The van der Waals surface area contributed by atoms with Crippen LogP contribution in [-0.2, 0) is 7.05 Å². The Morgan fingerprint density at radius 3 is 2.42 bits per heavy atom. The molecule has 0 saturated heterocycles. The topological polar surface area (TPSA) is 43.8 Å². The van der Waals surface area contributed by atoms with E-state index in [9.17, 15) is 0 Å². The smallest absolute Gasteiger partial charge is 0.168 e. The van der Waals surface area contributed by atoms with Crippen LogP contribution in [0.4, 0.5) is 0 Å². The van der Waals surface area contributed by atoms with Crippen LogP contribution in [-0.4, -0.2) is 14.8 Å². The molecule has 0 bridgehead atoms. The van der Waals surface area contributed by atoms with E-state index >= 15 is 0 Å². The van der Waals surface area contributed by atoms with E-state index in [0.29, 0.717) is 11.2 Å². The van der Waals surface area contributed by atoms with E-state index in [1.165, 1.54) is 5.56 Å². The van der Waals surface area contributed by atoms with Gasteiger partial charge in [-0.1, -0.05) is 55.9 Å². The molecule has 3 nitrogen and oxygen atoms in total. The molecule has 2 aromatic rings. The standard InChI is InChI=1S/C15H21N3S/c1-11(2)14(19-15-17-9-10-18(15)3)13(16)12-7-5-4-6-8-12/h4-11,13-14H,16H2,1-3H3. The van der Waals surface area contributed by atoms with E-state index in [2.05, 4.69) is 31.0 Å². The monoisotopic (exact) mass is 275 g/mol. The first-order chi connectivity index (χ1) is 9.09. The third-order valence-electron chi connectivity index (χ3n) is 3.21. The molecule has 0 saturated carbocycles. The quantitative estimate of drug-likeness (QED) is 0.852. The molecule has 2 rings (SSSR count). The minimum atomic E-state index is 0.0166. The van der Waals surface area contributed by atoms with Crippen LogP contribution in [0.1, 0.15) is 25.5 Å². The maximum atomic E-state index is 6.45. The van der Waals surface area contributed by atoms with Gasteiger partial charge < -0.3 is 10.3 Å². The van der Waals surface area contributed by atoms with Crippen LogP contribution in [0.2, 0.25) is 0 Å². The van der Waals surface area contributed by atoms with Crippen molar-refractivity contribution in [2.75, 3.05) is 0 Å². The van der Waals surface area contributed by atoms with Gasteiger partial charge >= 0.3 is 0 Å². The van der Waals surface area contributed by atoms with Crippen molar-refractivity contribution in [2.45, 2.75) is 30.3 Å². The van der Waals surface area contributed by atoms with Crippen molar-refractivity contribution < 1.29 is 0 Å². The van der Waals surface area contributed by atoms with Gasteiger partial charge in [0.15, 0.2) is 5.16 Å². The molecule has 0 spiro atoms. The van der Waals surface area contributed by atoms with Gasteiger partial charge in [-0.15, -0.1) is 0 Å². The summed E-state index contributed by atoms with van der Waals surface area (Å²) in [5.74, 6) is 0.483. The molecule has 0 radical (unpaired) electrons. The maximum Gasteiger partial charge on any atom is 0.168 e. The minimum Gasteiger partial charge on any atom is -0.329 e. The predicted molar refractivity (Wildman–Crippen MR) is 81.1 cm³/mol. The van der Waals surface area contributed by atoms with E-state index in [4.69, 9.17) is 5.73 Å². The molecule has 0 fully saturated rings. The van der Waals surface area contributed by atoms with Gasteiger partial charge in [-0.3, -0.25) is 0 Å². The second kappa shape index (κ2) is 6.26. The van der Waals surface area contributed by atoms with E-state index in [-0.39, 0.29) is 6.04 Å². The first-order valence-corrected chi connectivity index (χ1v) is 7.42. The summed E-state index contributed by atoms with van der Waals surface area (Å²) in [4.78, 5) is 4.38. The molecule has 0 aliphatic heterocycles. The molecule has 1 heterocycles. The third-order valence-corrected chi connectivity index (χ3v) is 4.93. The van der Waals surface area contributed by atoms with Crippen molar-refractivity contribution in [3.63, 3.8) is 0 Å². The number of hydrogen-bond acceptors (Lipinski definition) is 3. The summed E-state index contributed by atoms with van der Waals surface area (Å²) in [5.41, 5.74) is 7.63. The number of imidazole rings is 1. The van der Waals surface area contributed by atoms with E-state index in [1.54, 1.807) is 11.8 Å². The molecule has 2 unspecified atom stereocenters. The lowest BCUT2D eigenvalue weighted by Gasteiger charge is -2.26. The lowest BCUT2D eigenvalue weighted by molar-refractivity contribution is 0.525. The Bertz CT molecular complexity index is 507. The number of nitrogens with two attached hydrogens (primary N) is 1. The Hall–Kier alpha value is -1.26. The van der Waals surface area contributed by atoms with Crippen LogP contribution in [0.5, 0.6) is 0 Å². The molecule has 1 aromatic carbocycles. The van der Waals surface area contributed by atoms with E-state index in [1.807, 2.05) is 42.2 Å². The van der Waals surface area contributed by atoms with E-state index < -0.39 is 0 Å². The van der Waals surface area contributed by atoms with Crippen LogP contribution in [0, 0.1) is 5.92 Å². The summed E-state index contributed by atoms with van der Waals surface area (Å²) >= 11 is 1.76. The lowest BCUT2D eigenvalue weighted by Crippen LogP contribution is -2.28. The summed E-state index contributed by atoms with van der Waals surface area (Å²) in [6.45, 7) is 4.42. The number of hydrogen-bond donors (Lipinski definition) is 1. The zero-order valence-electron chi connectivity index (χ0n) is 11.7. The fourth-order valence-electron chi connectivity index (χ4n) is 2.08. The van der Waals surface area contributed by atoms with Crippen LogP contribution in [0.25, 0.3) is 0 Å². The van der Waals surface area contributed by atoms with Crippen LogP contribution in [0.3, 0.4) is 0 Å². The van der Waals surface area contributed by atoms with E-state index in [0.717, 1.165) is 5.16 Å². The number of aryl methyl sites for hydroxylation is 1. The summed E-state index contributed by atoms with van der Waals surface area (Å²) in [6.07, 6.45) is 3.79. The first kappa shape index (κ1) is 14.2. The summed E-state index contributed by atoms with van der Waals surface area (Å²) in [6, 6.07) is 10.3. The highest BCUT2D eigenvalue weighted by Gasteiger charge is 2.25. The molecule has 0 amide bonds. The number of benzene rings is 1. The highest BCUT2D eigenvalue weighted by Crippen LogP contribution is 2.34. The number of rotatable bonds is 5. The highest BCUT2D eigenvalue weighted by molar-refractivity contribution is 7.99. The maximum absolute atomic E-state index is 6.45. The van der Waals surface area contributed by atoms with Gasteiger partial charge in [-0.05, 0) is 11.5 Å². The highest BCUT2D eigenvalue weighted by atomic mass is 32.2.